The predicted molar refractivity (Wildman–Crippen MR) is 58.4 cm³/mol. The van der Waals surface area contributed by atoms with E-state index in [4.69, 9.17) is 10.00 Å². The molecule has 0 aliphatic rings. The van der Waals surface area contributed by atoms with Crippen molar-refractivity contribution < 1.29 is 9.84 Å². The van der Waals surface area contributed by atoms with Gasteiger partial charge in [-0.2, -0.15) is 5.26 Å². The summed E-state index contributed by atoms with van der Waals surface area (Å²) >= 11 is 0. The van der Waals surface area contributed by atoms with Crippen molar-refractivity contribution in [3.63, 3.8) is 0 Å². The zero-order valence-corrected chi connectivity index (χ0v) is 9.33. The minimum atomic E-state index is -0.558. The summed E-state index contributed by atoms with van der Waals surface area (Å²) < 4.78 is 5.17. The minimum Gasteiger partial charge on any atom is -0.494 e. The zero-order chi connectivity index (χ0) is 12.1. The Morgan fingerprint density at radius 2 is 2.25 bits per heavy atom. The van der Waals surface area contributed by atoms with Crippen molar-refractivity contribution in [3.8, 4) is 11.9 Å². The quantitative estimate of drug-likeness (QED) is 0.739. The molecule has 16 heavy (non-hydrogen) atoms. The van der Waals surface area contributed by atoms with Crippen LogP contribution in [0.2, 0.25) is 0 Å². The molecule has 0 saturated heterocycles. The van der Waals surface area contributed by atoms with Crippen LogP contribution < -0.4 is 5.56 Å². The number of nitrogens with one attached hydrogen (secondary N) is 1. The van der Waals surface area contributed by atoms with Crippen molar-refractivity contribution in [2.45, 2.75) is 20.3 Å². The van der Waals surface area contributed by atoms with Crippen molar-refractivity contribution in [1.29, 1.82) is 5.26 Å². The molecule has 1 aromatic rings. The van der Waals surface area contributed by atoms with Gasteiger partial charge < -0.3 is 9.84 Å². The van der Waals surface area contributed by atoms with Crippen molar-refractivity contribution in [1.82, 2.24) is 4.98 Å². The first kappa shape index (κ1) is 12.3. The average Bonchev–Trinajstić information content (AvgIpc) is 2.23. The summed E-state index contributed by atoms with van der Waals surface area (Å²) in [4.78, 5) is 13.6. The van der Waals surface area contributed by atoms with Crippen LogP contribution in [0.1, 0.15) is 23.6 Å². The normalized spacial score (nSPS) is 10.1. The SMILES string of the molecule is CCOCCc1c(O)[nH]c(=O)c(C#N)c1C. The second kappa shape index (κ2) is 5.33. The molecule has 86 valence electrons. The Morgan fingerprint density at radius 1 is 1.56 bits per heavy atom. The Hall–Kier alpha value is -1.80. The van der Waals surface area contributed by atoms with Crippen LogP contribution in [0.15, 0.2) is 4.79 Å². The molecule has 0 aliphatic carbocycles. The second-order valence-corrected chi connectivity index (χ2v) is 3.34. The topological polar surface area (TPSA) is 86.1 Å². The number of hydrogen-bond donors (Lipinski definition) is 2. The molecule has 0 saturated carbocycles. The lowest BCUT2D eigenvalue weighted by Crippen LogP contribution is -2.15. The molecule has 0 unspecified atom stereocenters. The van der Waals surface area contributed by atoms with Gasteiger partial charge in [-0.1, -0.05) is 0 Å². The maximum absolute atomic E-state index is 11.3. The fourth-order valence-corrected chi connectivity index (χ4v) is 1.50. The highest BCUT2D eigenvalue weighted by atomic mass is 16.5. The number of H-pyrrole nitrogens is 1. The molecule has 5 heteroatoms. The molecular weight excluding hydrogens is 208 g/mol. The first-order valence-electron chi connectivity index (χ1n) is 5.04. The Balaban J connectivity index is 3.09. The fourth-order valence-electron chi connectivity index (χ4n) is 1.50. The highest BCUT2D eigenvalue weighted by Crippen LogP contribution is 2.18. The van der Waals surface area contributed by atoms with Gasteiger partial charge in [-0.05, 0) is 19.4 Å². The zero-order valence-electron chi connectivity index (χ0n) is 9.33. The van der Waals surface area contributed by atoms with Crippen LogP contribution in [-0.2, 0) is 11.2 Å². The molecular formula is C11H14N2O3. The van der Waals surface area contributed by atoms with Gasteiger partial charge in [0, 0.05) is 18.6 Å². The van der Waals surface area contributed by atoms with E-state index >= 15 is 0 Å². The lowest BCUT2D eigenvalue weighted by atomic mass is 10.0. The Labute approximate surface area is 93.3 Å². The molecule has 1 rings (SSSR count). The first-order valence-corrected chi connectivity index (χ1v) is 5.04. The molecule has 0 aromatic carbocycles. The lowest BCUT2D eigenvalue weighted by Gasteiger charge is -2.08. The van der Waals surface area contributed by atoms with Crippen molar-refractivity contribution in [2.75, 3.05) is 13.2 Å². The molecule has 0 radical (unpaired) electrons. The maximum atomic E-state index is 11.3. The van der Waals surface area contributed by atoms with E-state index < -0.39 is 5.56 Å². The Kier molecular flexibility index (Phi) is 4.09. The van der Waals surface area contributed by atoms with Crippen LogP contribution in [0.4, 0.5) is 0 Å². The van der Waals surface area contributed by atoms with Crippen LogP contribution in [0.25, 0.3) is 0 Å². The van der Waals surface area contributed by atoms with Crippen molar-refractivity contribution >= 4 is 0 Å². The number of nitrogens with zero attached hydrogens (tertiary/aromatic N) is 1. The number of nitriles is 1. The molecule has 0 fully saturated rings. The largest absolute Gasteiger partial charge is 0.494 e. The molecule has 0 aliphatic heterocycles. The molecule has 0 atom stereocenters. The summed E-state index contributed by atoms with van der Waals surface area (Å²) in [5.41, 5.74) is 0.565. The summed E-state index contributed by atoms with van der Waals surface area (Å²) in [6.45, 7) is 4.56. The van der Waals surface area contributed by atoms with Crippen LogP contribution in [-0.4, -0.2) is 23.3 Å². The van der Waals surface area contributed by atoms with Crippen LogP contribution >= 0.6 is 0 Å². The minimum absolute atomic E-state index is 0.0456. The van der Waals surface area contributed by atoms with Crippen LogP contribution in [0, 0.1) is 18.3 Å². The lowest BCUT2D eigenvalue weighted by molar-refractivity contribution is 0.150. The van der Waals surface area contributed by atoms with Gasteiger partial charge in [0.05, 0.1) is 6.61 Å². The van der Waals surface area contributed by atoms with Gasteiger partial charge in [0.15, 0.2) is 5.88 Å². The van der Waals surface area contributed by atoms with Gasteiger partial charge in [-0.3, -0.25) is 9.78 Å². The molecule has 5 nitrogen and oxygen atoms in total. The van der Waals surface area contributed by atoms with E-state index in [2.05, 4.69) is 4.98 Å². The molecule has 0 amide bonds. The number of aromatic nitrogens is 1. The highest BCUT2D eigenvalue weighted by Gasteiger charge is 2.13. The number of pyridine rings is 1. The fraction of sp³-hybridized carbons (Fsp3) is 0.455. The third kappa shape index (κ3) is 2.41. The standard InChI is InChI=1S/C11H14N2O3/c1-3-16-5-4-8-7(2)9(6-12)11(15)13-10(8)14/h3-5H2,1-2H3,(H2,13,14,15). The van der Waals surface area contributed by atoms with E-state index in [1.165, 1.54) is 0 Å². The van der Waals surface area contributed by atoms with Gasteiger partial charge in [0.25, 0.3) is 5.56 Å². The van der Waals surface area contributed by atoms with Gasteiger partial charge in [-0.15, -0.1) is 0 Å². The first-order chi connectivity index (χ1) is 7.61. The summed E-state index contributed by atoms with van der Waals surface area (Å²) in [6.07, 6.45) is 0.469. The third-order valence-electron chi connectivity index (χ3n) is 2.38. The summed E-state index contributed by atoms with van der Waals surface area (Å²) in [7, 11) is 0. The summed E-state index contributed by atoms with van der Waals surface area (Å²) in [5.74, 6) is -0.179. The highest BCUT2D eigenvalue weighted by molar-refractivity contribution is 5.44. The monoisotopic (exact) mass is 222 g/mol. The van der Waals surface area contributed by atoms with Crippen molar-refractivity contribution in [2.24, 2.45) is 0 Å². The van der Waals surface area contributed by atoms with E-state index in [9.17, 15) is 9.90 Å². The molecule has 1 aromatic heterocycles. The number of ether oxygens (including phenoxy) is 1. The van der Waals surface area contributed by atoms with Gasteiger partial charge in [-0.25, -0.2) is 0 Å². The maximum Gasteiger partial charge on any atom is 0.268 e. The smallest absolute Gasteiger partial charge is 0.268 e. The number of hydrogen-bond acceptors (Lipinski definition) is 4. The molecule has 0 spiro atoms. The van der Waals surface area contributed by atoms with Gasteiger partial charge in [0.2, 0.25) is 0 Å². The molecule has 2 N–H and O–H groups in total. The summed E-state index contributed by atoms with van der Waals surface area (Å²) in [6, 6.07) is 1.83. The second-order valence-electron chi connectivity index (χ2n) is 3.34. The number of aromatic hydroxyl groups is 1. The third-order valence-corrected chi connectivity index (χ3v) is 2.38. The van der Waals surface area contributed by atoms with E-state index in [0.717, 1.165) is 0 Å². The van der Waals surface area contributed by atoms with Gasteiger partial charge in [0.1, 0.15) is 11.6 Å². The number of aromatic amines is 1. The Morgan fingerprint density at radius 3 is 2.81 bits per heavy atom. The average molecular weight is 222 g/mol. The van der Waals surface area contributed by atoms with E-state index in [1.807, 2.05) is 13.0 Å². The van der Waals surface area contributed by atoms with Gasteiger partial charge >= 0.3 is 0 Å². The predicted octanol–water partition coefficient (Wildman–Crippen LogP) is 0.840. The van der Waals surface area contributed by atoms with E-state index in [1.54, 1.807) is 6.92 Å². The number of rotatable bonds is 4. The molecule has 1 heterocycles. The summed E-state index contributed by atoms with van der Waals surface area (Å²) in [5, 5.41) is 18.4. The van der Waals surface area contributed by atoms with Crippen molar-refractivity contribution in [3.05, 3.63) is 27.0 Å². The van der Waals surface area contributed by atoms with Crippen LogP contribution in [0.5, 0.6) is 5.88 Å². The van der Waals surface area contributed by atoms with E-state index in [0.29, 0.717) is 30.8 Å². The molecule has 0 bridgehead atoms. The van der Waals surface area contributed by atoms with E-state index in [-0.39, 0.29) is 11.4 Å². The van der Waals surface area contributed by atoms with Crippen LogP contribution in [0.3, 0.4) is 0 Å². The Bertz CT molecular complexity index is 471.